The number of esters is 2. The minimum Gasteiger partial charge on any atom is -0.459 e. The summed E-state index contributed by atoms with van der Waals surface area (Å²) in [7, 11) is 0. The standard InChI is InChI=1S/C23H19F2N3O6/c24-23(25)18(33-20(30)15-9-5-2-6-10-15)16(13-31-19(29)14-7-3-1-4-8-14)32-21(23)34-22-27-12-11-17(26)28-22/h1-12,16,18,21H,13H2,(H2,26,27,28)/t16-,18-,21+/m1/s1. The third kappa shape index (κ3) is 5.09. The van der Waals surface area contributed by atoms with Gasteiger partial charge in [-0.3, -0.25) is 0 Å². The van der Waals surface area contributed by atoms with Crippen LogP contribution in [0.25, 0.3) is 0 Å². The molecule has 0 amide bonds. The van der Waals surface area contributed by atoms with E-state index >= 15 is 8.78 Å². The van der Waals surface area contributed by atoms with Gasteiger partial charge in [0.05, 0.1) is 11.1 Å². The average molecular weight is 471 g/mol. The molecule has 1 aliphatic heterocycles. The number of anilines is 1. The molecule has 11 heteroatoms. The molecule has 3 aromatic rings. The highest BCUT2D eigenvalue weighted by molar-refractivity contribution is 5.90. The lowest BCUT2D eigenvalue weighted by molar-refractivity contribution is -0.188. The van der Waals surface area contributed by atoms with E-state index in [1.165, 1.54) is 36.5 Å². The first-order chi connectivity index (χ1) is 16.3. The molecule has 176 valence electrons. The van der Waals surface area contributed by atoms with E-state index in [-0.39, 0.29) is 16.9 Å². The van der Waals surface area contributed by atoms with Crippen LogP contribution in [0.5, 0.6) is 6.01 Å². The maximum Gasteiger partial charge on any atom is 0.347 e. The van der Waals surface area contributed by atoms with Crippen molar-refractivity contribution in [1.82, 2.24) is 9.97 Å². The van der Waals surface area contributed by atoms with E-state index in [1.54, 1.807) is 36.4 Å². The molecule has 3 atom stereocenters. The van der Waals surface area contributed by atoms with Crippen molar-refractivity contribution in [3.05, 3.63) is 84.1 Å². The van der Waals surface area contributed by atoms with Gasteiger partial charge in [-0.25, -0.2) is 14.6 Å². The van der Waals surface area contributed by atoms with Gasteiger partial charge in [0.2, 0.25) is 6.10 Å². The topological polar surface area (TPSA) is 123 Å². The Morgan fingerprint density at radius 2 is 1.59 bits per heavy atom. The Bertz CT molecular complexity index is 1150. The van der Waals surface area contributed by atoms with Gasteiger partial charge in [-0.1, -0.05) is 36.4 Å². The van der Waals surface area contributed by atoms with E-state index in [0.717, 1.165) is 0 Å². The van der Waals surface area contributed by atoms with Crippen molar-refractivity contribution >= 4 is 17.8 Å². The lowest BCUT2D eigenvalue weighted by atomic mass is 10.1. The number of hydrogen-bond donors (Lipinski definition) is 1. The number of aromatic nitrogens is 2. The minimum atomic E-state index is -3.85. The van der Waals surface area contributed by atoms with E-state index in [4.69, 9.17) is 24.7 Å². The van der Waals surface area contributed by atoms with Gasteiger partial charge in [-0.05, 0) is 30.3 Å². The van der Waals surface area contributed by atoms with Gasteiger partial charge in [-0.2, -0.15) is 13.8 Å². The van der Waals surface area contributed by atoms with Gasteiger partial charge in [0.25, 0.3) is 6.29 Å². The molecule has 1 aromatic heterocycles. The van der Waals surface area contributed by atoms with Crippen molar-refractivity contribution in [3.8, 4) is 6.01 Å². The SMILES string of the molecule is Nc1ccnc(O[C@@H]2O[C@H](COC(=O)c3ccccc3)[C@@H](OC(=O)c3ccccc3)C2(F)F)n1. The molecule has 0 unspecified atom stereocenters. The molecule has 1 saturated heterocycles. The number of benzene rings is 2. The Balaban J connectivity index is 1.54. The molecule has 2 heterocycles. The Hall–Kier alpha value is -4.12. The Morgan fingerprint density at radius 3 is 2.21 bits per heavy atom. The zero-order chi connectivity index (χ0) is 24.1. The number of nitrogens with two attached hydrogens (primary N) is 1. The molecule has 2 N–H and O–H groups in total. The fourth-order valence-electron chi connectivity index (χ4n) is 3.17. The van der Waals surface area contributed by atoms with Crippen molar-refractivity contribution in [1.29, 1.82) is 0 Å². The Morgan fingerprint density at radius 1 is 0.971 bits per heavy atom. The fourth-order valence-corrected chi connectivity index (χ4v) is 3.17. The predicted molar refractivity (Wildman–Crippen MR) is 113 cm³/mol. The van der Waals surface area contributed by atoms with Crippen LogP contribution >= 0.6 is 0 Å². The first kappa shape index (κ1) is 23.1. The van der Waals surface area contributed by atoms with Crippen LogP contribution in [-0.2, 0) is 14.2 Å². The van der Waals surface area contributed by atoms with Gasteiger partial charge in [0, 0.05) is 6.20 Å². The quantitative estimate of drug-likeness (QED) is 0.518. The molecule has 0 radical (unpaired) electrons. The van der Waals surface area contributed by atoms with E-state index in [1.807, 2.05) is 0 Å². The molecule has 2 aromatic carbocycles. The molecule has 0 aliphatic carbocycles. The zero-order valence-corrected chi connectivity index (χ0v) is 17.5. The van der Waals surface area contributed by atoms with Gasteiger partial charge < -0.3 is 24.7 Å². The first-order valence-electron chi connectivity index (χ1n) is 10.1. The number of carbonyl (C=O) groups excluding carboxylic acids is 2. The lowest BCUT2D eigenvalue weighted by Crippen LogP contribution is -2.46. The molecule has 9 nitrogen and oxygen atoms in total. The molecule has 0 bridgehead atoms. The summed E-state index contributed by atoms with van der Waals surface area (Å²) < 4.78 is 51.2. The summed E-state index contributed by atoms with van der Waals surface area (Å²) in [4.78, 5) is 32.2. The van der Waals surface area contributed by atoms with Crippen LogP contribution in [0.1, 0.15) is 20.7 Å². The van der Waals surface area contributed by atoms with E-state index < -0.39 is 49.0 Å². The van der Waals surface area contributed by atoms with Crippen LogP contribution in [0, 0.1) is 0 Å². The van der Waals surface area contributed by atoms with Crippen LogP contribution < -0.4 is 10.5 Å². The first-order valence-corrected chi connectivity index (χ1v) is 10.1. The second-order valence-electron chi connectivity index (χ2n) is 7.22. The summed E-state index contributed by atoms with van der Waals surface area (Å²) in [5.74, 6) is -5.62. The molecule has 0 spiro atoms. The third-order valence-corrected chi connectivity index (χ3v) is 4.83. The number of ether oxygens (including phenoxy) is 4. The van der Waals surface area contributed by atoms with E-state index in [9.17, 15) is 9.59 Å². The highest BCUT2D eigenvalue weighted by atomic mass is 19.3. The number of rotatable bonds is 7. The molecular weight excluding hydrogens is 452 g/mol. The summed E-state index contributed by atoms with van der Waals surface area (Å²) in [6.07, 6.45) is -4.68. The highest BCUT2D eigenvalue weighted by Gasteiger charge is 2.63. The molecular formula is C23H19F2N3O6. The molecule has 0 saturated carbocycles. The number of nitrogens with zero attached hydrogens (tertiary/aromatic N) is 2. The van der Waals surface area contributed by atoms with E-state index in [2.05, 4.69) is 9.97 Å². The van der Waals surface area contributed by atoms with Gasteiger partial charge in [0.1, 0.15) is 18.5 Å². The van der Waals surface area contributed by atoms with Crippen molar-refractivity contribution in [2.45, 2.75) is 24.4 Å². The largest absolute Gasteiger partial charge is 0.459 e. The summed E-state index contributed by atoms with van der Waals surface area (Å²) >= 11 is 0. The summed E-state index contributed by atoms with van der Waals surface area (Å²) in [5.41, 5.74) is 5.81. The predicted octanol–water partition coefficient (Wildman–Crippen LogP) is 2.88. The maximum atomic E-state index is 15.3. The van der Waals surface area contributed by atoms with Gasteiger partial charge in [0.15, 0.2) is 0 Å². The Labute approximate surface area is 192 Å². The molecule has 1 aliphatic rings. The zero-order valence-electron chi connectivity index (χ0n) is 17.5. The molecule has 1 fully saturated rings. The second kappa shape index (κ2) is 9.79. The number of carbonyl (C=O) groups is 2. The van der Waals surface area contributed by atoms with Crippen LogP contribution in [0.2, 0.25) is 0 Å². The highest BCUT2D eigenvalue weighted by Crippen LogP contribution is 2.39. The normalized spacial score (nSPS) is 20.9. The van der Waals surface area contributed by atoms with Crippen LogP contribution in [0.15, 0.2) is 72.9 Å². The van der Waals surface area contributed by atoms with Gasteiger partial charge in [-0.15, -0.1) is 0 Å². The number of hydrogen-bond acceptors (Lipinski definition) is 9. The molecule has 4 rings (SSSR count). The minimum absolute atomic E-state index is 0.00768. The lowest BCUT2D eigenvalue weighted by Gasteiger charge is -2.23. The summed E-state index contributed by atoms with van der Waals surface area (Å²) in [6, 6.07) is 16.4. The van der Waals surface area contributed by atoms with Crippen LogP contribution in [0.4, 0.5) is 14.6 Å². The van der Waals surface area contributed by atoms with Crippen molar-refractivity contribution < 1.29 is 37.3 Å². The van der Waals surface area contributed by atoms with Crippen LogP contribution in [0.3, 0.4) is 0 Å². The fraction of sp³-hybridized carbons (Fsp3) is 0.217. The number of nitrogen functional groups attached to an aromatic ring is 1. The summed E-state index contributed by atoms with van der Waals surface area (Å²) in [6.45, 7) is -0.631. The second-order valence-corrected chi connectivity index (χ2v) is 7.22. The van der Waals surface area contributed by atoms with Crippen LogP contribution in [-0.4, -0.2) is 52.9 Å². The van der Waals surface area contributed by atoms with E-state index in [0.29, 0.717) is 0 Å². The average Bonchev–Trinajstić information content (AvgIpc) is 3.07. The monoisotopic (exact) mass is 471 g/mol. The number of alkyl halides is 2. The number of halogens is 2. The Kier molecular flexibility index (Phi) is 6.64. The van der Waals surface area contributed by atoms with Crippen molar-refractivity contribution in [3.63, 3.8) is 0 Å². The molecule has 34 heavy (non-hydrogen) atoms. The maximum absolute atomic E-state index is 15.3. The smallest absolute Gasteiger partial charge is 0.347 e. The van der Waals surface area contributed by atoms with Crippen molar-refractivity contribution in [2.75, 3.05) is 12.3 Å². The third-order valence-electron chi connectivity index (χ3n) is 4.83. The summed E-state index contributed by atoms with van der Waals surface area (Å²) in [5, 5.41) is 0. The van der Waals surface area contributed by atoms with Gasteiger partial charge >= 0.3 is 23.9 Å². The van der Waals surface area contributed by atoms with Crippen molar-refractivity contribution in [2.24, 2.45) is 0 Å².